The summed E-state index contributed by atoms with van der Waals surface area (Å²) in [6.45, 7) is 5.16. The highest BCUT2D eigenvalue weighted by atomic mass is 35.5. The molecule has 0 N–H and O–H groups in total. The SMILES string of the molecule is CCOCc1nnc2n1Cc1c(-c3nc(C)no3)ncn1-c1ccc(Cl)cc1-2. The maximum Gasteiger partial charge on any atom is 0.278 e. The molecular weight excluding hydrogens is 382 g/mol. The molecule has 4 heterocycles. The molecule has 28 heavy (non-hydrogen) atoms. The van der Waals surface area contributed by atoms with Crippen molar-refractivity contribution >= 4 is 11.6 Å². The minimum absolute atomic E-state index is 0.364. The minimum Gasteiger partial charge on any atom is -0.374 e. The fraction of sp³-hybridized carbons (Fsp3) is 0.278. The van der Waals surface area contributed by atoms with Gasteiger partial charge in [0.25, 0.3) is 5.89 Å². The molecule has 0 bridgehead atoms. The lowest BCUT2D eigenvalue weighted by atomic mass is 10.1. The normalized spacial score (nSPS) is 12.4. The number of imidazole rings is 1. The second-order valence-electron chi connectivity index (χ2n) is 6.38. The van der Waals surface area contributed by atoms with Crippen LogP contribution in [0.5, 0.6) is 0 Å². The second kappa shape index (κ2) is 6.54. The van der Waals surface area contributed by atoms with E-state index in [9.17, 15) is 0 Å². The summed E-state index contributed by atoms with van der Waals surface area (Å²) >= 11 is 6.28. The van der Waals surface area contributed by atoms with Gasteiger partial charge in [0, 0.05) is 17.2 Å². The number of ether oxygens (including phenoxy) is 1. The van der Waals surface area contributed by atoms with Crippen molar-refractivity contribution in [1.29, 1.82) is 0 Å². The van der Waals surface area contributed by atoms with E-state index in [0.29, 0.717) is 42.2 Å². The van der Waals surface area contributed by atoms with Crippen molar-refractivity contribution in [3.05, 3.63) is 46.9 Å². The first kappa shape index (κ1) is 17.1. The highest BCUT2D eigenvalue weighted by molar-refractivity contribution is 6.31. The van der Waals surface area contributed by atoms with Crippen molar-refractivity contribution in [3.8, 4) is 28.7 Å². The average Bonchev–Trinajstić information content (AvgIpc) is 3.38. The number of aryl methyl sites for hydroxylation is 1. The first-order chi connectivity index (χ1) is 13.7. The molecule has 0 atom stereocenters. The Hall–Kier alpha value is -3.04. The number of benzene rings is 1. The molecule has 1 aromatic carbocycles. The Morgan fingerprint density at radius 3 is 2.96 bits per heavy atom. The molecule has 0 saturated heterocycles. The van der Waals surface area contributed by atoms with E-state index in [4.69, 9.17) is 20.9 Å². The molecule has 0 aliphatic carbocycles. The van der Waals surface area contributed by atoms with Crippen LogP contribution in [0.15, 0.2) is 29.0 Å². The molecular formula is C18H16ClN7O2. The number of rotatable bonds is 4. The van der Waals surface area contributed by atoms with Crippen LogP contribution in [0.2, 0.25) is 5.02 Å². The summed E-state index contributed by atoms with van der Waals surface area (Å²) < 4.78 is 14.9. The van der Waals surface area contributed by atoms with E-state index in [0.717, 1.165) is 28.6 Å². The molecule has 4 aromatic rings. The zero-order valence-electron chi connectivity index (χ0n) is 15.3. The van der Waals surface area contributed by atoms with Gasteiger partial charge >= 0.3 is 0 Å². The summed E-state index contributed by atoms with van der Waals surface area (Å²) in [6.07, 6.45) is 1.75. The number of hydrogen-bond donors (Lipinski definition) is 0. The summed E-state index contributed by atoms with van der Waals surface area (Å²) in [5.74, 6) is 2.39. The highest BCUT2D eigenvalue weighted by Crippen LogP contribution is 2.36. The number of hydrogen-bond acceptors (Lipinski definition) is 7. The van der Waals surface area contributed by atoms with Gasteiger partial charge in [-0.2, -0.15) is 4.98 Å². The molecule has 10 heteroatoms. The van der Waals surface area contributed by atoms with Gasteiger partial charge in [-0.05, 0) is 32.0 Å². The van der Waals surface area contributed by atoms with E-state index in [1.54, 1.807) is 13.3 Å². The zero-order valence-corrected chi connectivity index (χ0v) is 16.0. The summed E-state index contributed by atoms with van der Waals surface area (Å²) in [5.41, 5.74) is 3.30. The predicted octanol–water partition coefficient (Wildman–Crippen LogP) is 3.04. The van der Waals surface area contributed by atoms with E-state index in [2.05, 4.69) is 25.3 Å². The molecule has 0 saturated carbocycles. The van der Waals surface area contributed by atoms with Gasteiger partial charge in [-0.25, -0.2) is 4.98 Å². The molecule has 0 spiro atoms. The predicted molar refractivity (Wildman–Crippen MR) is 100 cm³/mol. The van der Waals surface area contributed by atoms with Crippen LogP contribution in [0, 0.1) is 6.92 Å². The van der Waals surface area contributed by atoms with Gasteiger partial charge in [-0.3, -0.25) is 4.57 Å². The van der Waals surface area contributed by atoms with Crippen LogP contribution in [0.1, 0.15) is 24.3 Å². The molecule has 0 fully saturated rings. The molecule has 0 radical (unpaired) electrons. The topological polar surface area (TPSA) is 96.7 Å². The molecule has 0 amide bonds. The van der Waals surface area contributed by atoms with Crippen LogP contribution < -0.4 is 0 Å². The fourth-order valence-electron chi connectivity index (χ4n) is 3.35. The Morgan fingerprint density at radius 2 is 2.18 bits per heavy atom. The Labute approximate surface area is 164 Å². The largest absolute Gasteiger partial charge is 0.374 e. The highest BCUT2D eigenvalue weighted by Gasteiger charge is 2.28. The standard InChI is InChI=1S/C18H16ClN7O2/c1-3-27-8-15-22-23-17-12-6-11(19)4-5-13(12)26-9-20-16(14(26)7-25(15)17)18-21-10(2)24-28-18/h4-6,9H,3,7-8H2,1-2H3. The fourth-order valence-corrected chi connectivity index (χ4v) is 3.52. The average molecular weight is 398 g/mol. The summed E-state index contributed by atoms with van der Waals surface area (Å²) in [4.78, 5) is 8.88. The molecule has 3 aromatic heterocycles. The first-order valence-electron chi connectivity index (χ1n) is 8.82. The smallest absolute Gasteiger partial charge is 0.278 e. The molecule has 142 valence electrons. The van der Waals surface area contributed by atoms with E-state index in [1.807, 2.05) is 34.3 Å². The monoisotopic (exact) mass is 397 g/mol. The van der Waals surface area contributed by atoms with Gasteiger partial charge in [0.05, 0.1) is 17.9 Å². The summed E-state index contributed by atoms with van der Waals surface area (Å²) in [7, 11) is 0. The molecule has 5 rings (SSSR count). The van der Waals surface area contributed by atoms with Crippen molar-refractivity contribution in [2.24, 2.45) is 0 Å². The van der Waals surface area contributed by atoms with Crippen molar-refractivity contribution in [1.82, 2.24) is 34.5 Å². The maximum atomic E-state index is 6.28. The summed E-state index contributed by atoms with van der Waals surface area (Å²) in [6, 6.07) is 5.67. The Morgan fingerprint density at radius 1 is 1.29 bits per heavy atom. The van der Waals surface area contributed by atoms with Crippen LogP contribution in [-0.4, -0.2) is 41.1 Å². The Balaban J connectivity index is 1.75. The zero-order chi connectivity index (χ0) is 19.3. The lowest BCUT2D eigenvalue weighted by Gasteiger charge is -2.08. The van der Waals surface area contributed by atoms with E-state index in [-0.39, 0.29) is 0 Å². The third kappa shape index (κ3) is 2.62. The van der Waals surface area contributed by atoms with E-state index >= 15 is 0 Å². The molecule has 0 unspecified atom stereocenters. The first-order valence-corrected chi connectivity index (χ1v) is 9.20. The van der Waals surface area contributed by atoms with Gasteiger partial charge in [-0.1, -0.05) is 16.8 Å². The van der Waals surface area contributed by atoms with E-state index < -0.39 is 0 Å². The van der Waals surface area contributed by atoms with E-state index in [1.165, 1.54) is 0 Å². The minimum atomic E-state index is 0.364. The van der Waals surface area contributed by atoms with Crippen LogP contribution in [0.4, 0.5) is 0 Å². The van der Waals surface area contributed by atoms with Crippen LogP contribution in [0.3, 0.4) is 0 Å². The molecule has 1 aliphatic rings. The van der Waals surface area contributed by atoms with Crippen molar-refractivity contribution in [2.75, 3.05) is 6.61 Å². The number of halogens is 1. The molecule has 9 nitrogen and oxygen atoms in total. The van der Waals surface area contributed by atoms with Crippen molar-refractivity contribution in [3.63, 3.8) is 0 Å². The lowest BCUT2D eigenvalue weighted by Crippen LogP contribution is -2.09. The Bertz CT molecular complexity index is 1180. The number of aromatic nitrogens is 7. The quantitative estimate of drug-likeness (QED) is 0.459. The van der Waals surface area contributed by atoms with Gasteiger partial charge in [-0.15, -0.1) is 10.2 Å². The lowest BCUT2D eigenvalue weighted by molar-refractivity contribution is 0.125. The van der Waals surface area contributed by atoms with Crippen LogP contribution in [0.25, 0.3) is 28.7 Å². The number of nitrogens with zero attached hydrogens (tertiary/aromatic N) is 7. The van der Waals surface area contributed by atoms with Crippen LogP contribution >= 0.6 is 11.6 Å². The van der Waals surface area contributed by atoms with Gasteiger partial charge in [0.2, 0.25) is 0 Å². The van der Waals surface area contributed by atoms with Gasteiger partial charge in [0.1, 0.15) is 12.9 Å². The number of fused-ring (bicyclic) bond motifs is 5. The maximum absolute atomic E-state index is 6.28. The van der Waals surface area contributed by atoms with Crippen molar-refractivity contribution < 1.29 is 9.26 Å². The van der Waals surface area contributed by atoms with Gasteiger partial charge < -0.3 is 13.8 Å². The Kier molecular flexibility index (Phi) is 3.99. The summed E-state index contributed by atoms with van der Waals surface area (Å²) in [5, 5.41) is 13.3. The van der Waals surface area contributed by atoms with Crippen molar-refractivity contribution in [2.45, 2.75) is 27.0 Å². The van der Waals surface area contributed by atoms with Crippen LogP contribution in [-0.2, 0) is 17.9 Å². The molecule has 1 aliphatic heterocycles. The van der Waals surface area contributed by atoms with Gasteiger partial charge in [0.15, 0.2) is 23.2 Å². The third-order valence-corrected chi connectivity index (χ3v) is 4.86. The third-order valence-electron chi connectivity index (χ3n) is 4.63. The second-order valence-corrected chi connectivity index (χ2v) is 6.82.